The first-order valence-electron chi connectivity index (χ1n) is 7.80. The van der Waals surface area contributed by atoms with E-state index in [1.807, 2.05) is 35.9 Å². The molecule has 1 atom stereocenters. The highest BCUT2D eigenvalue weighted by Gasteiger charge is 2.09. The number of aromatic nitrogens is 3. The first-order chi connectivity index (χ1) is 11.2. The fourth-order valence-corrected chi connectivity index (χ4v) is 3.54. The van der Waals surface area contributed by atoms with Crippen molar-refractivity contribution in [1.82, 2.24) is 19.9 Å². The molecule has 120 valence electrons. The molecule has 0 bridgehead atoms. The fourth-order valence-electron chi connectivity index (χ4n) is 2.53. The highest BCUT2D eigenvalue weighted by atomic mass is 32.1. The standard InChI is InChI=1S/C17H20N4OS/c1-13(11-21-10-9-18-12-21)19-16(22)7-4-8-17-20-14-5-2-3-6-15(14)23-17/h2-3,5-6,9-10,12-13H,4,7-8,11H2,1H3,(H,19,22). The summed E-state index contributed by atoms with van der Waals surface area (Å²) in [5, 5.41) is 4.13. The Morgan fingerprint density at radius 2 is 2.26 bits per heavy atom. The van der Waals surface area contributed by atoms with Gasteiger partial charge in [-0.2, -0.15) is 0 Å². The summed E-state index contributed by atoms with van der Waals surface area (Å²) < 4.78 is 3.17. The zero-order chi connectivity index (χ0) is 16.1. The van der Waals surface area contributed by atoms with E-state index in [0.717, 1.165) is 29.9 Å². The summed E-state index contributed by atoms with van der Waals surface area (Å²) in [6.07, 6.45) is 7.61. The number of nitrogens with one attached hydrogen (secondary N) is 1. The second kappa shape index (κ2) is 7.37. The number of hydrogen-bond donors (Lipinski definition) is 1. The van der Waals surface area contributed by atoms with Crippen molar-refractivity contribution in [2.75, 3.05) is 0 Å². The minimum atomic E-state index is 0.0960. The summed E-state index contributed by atoms with van der Waals surface area (Å²) in [5.41, 5.74) is 1.05. The first-order valence-corrected chi connectivity index (χ1v) is 8.62. The lowest BCUT2D eigenvalue weighted by Crippen LogP contribution is -2.35. The maximum atomic E-state index is 12.0. The van der Waals surface area contributed by atoms with Crippen molar-refractivity contribution in [2.24, 2.45) is 0 Å². The fraction of sp³-hybridized carbons (Fsp3) is 0.353. The van der Waals surface area contributed by atoms with Gasteiger partial charge in [0.25, 0.3) is 0 Å². The summed E-state index contributed by atoms with van der Waals surface area (Å²) in [4.78, 5) is 20.6. The Balaban J connectivity index is 1.42. The third-order valence-corrected chi connectivity index (χ3v) is 4.68. The molecular formula is C17H20N4OS. The van der Waals surface area contributed by atoms with E-state index in [0.29, 0.717) is 6.42 Å². The Morgan fingerprint density at radius 3 is 3.04 bits per heavy atom. The number of carbonyl (C=O) groups is 1. The Morgan fingerprint density at radius 1 is 1.39 bits per heavy atom. The van der Waals surface area contributed by atoms with Crippen molar-refractivity contribution >= 4 is 27.5 Å². The summed E-state index contributed by atoms with van der Waals surface area (Å²) in [7, 11) is 0. The number of thiazole rings is 1. The van der Waals surface area contributed by atoms with Crippen molar-refractivity contribution in [1.29, 1.82) is 0 Å². The largest absolute Gasteiger partial charge is 0.352 e. The highest BCUT2D eigenvalue weighted by Crippen LogP contribution is 2.22. The van der Waals surface area contributed by atoms with Crippen molar-refractivity contribution in [3.05, 3.63) is 48.0 Å². The molecule has 0 radical (unpaired) electrons. The Labute approximate surface area is 139 Å². The lowest BCUT2D eigenvalue weighted by atomic mass is 10.2. The number of carbonyl (C=O) groups excluding carboxylic acids is 1. The van der Waals surface area contributed by atoms with Gasteiger partial charge in [0.15, 0.2) is 0 Å². The molecule has 2 aromatic heterocycles. The smallest absolute Gasteiger partial charge is 0.220 e. The van der Waals surface area contributed by atoms with Crippen molar-refractivity contribution in [3.63, 3.8) is 0 Å². The van der Waals surface area contributed by atoms with E-state index in [4.69, 9.17) is 0 Å². The molecule has 0 spiro atoms. The molecule has 0 fully saturated rings. The normalized spacial score (nSPS) is 12.4. The van der Waals surface area contributed by atoms with Crippen molar-refractivity contribution in [2.45, 2.75) is 38.8 Å². The Bertz CT molecular complexity index is 733. The van der Waals surface area contributed by atoms with Crippen LogP contribution in [0.3, 0.4) is 0 Å². The van der Waals surface area contributed by atoms with Crippen LogP contribution in [0, 0.1) is 0 Å². The number of nitrogens with zero attached hydrogens (tertiary/aromatic N) is 3. The van der Waals surface area contributed by atoms with Crippen LogP contribution in [0.2, 0.25) is 0 Å². The molecule has 0 aliphatic heterocycles. The molecule has 6 heteroatoms. The number of amides is 1. The number of fused-ring (bicyclic) bond motifs is 1. The topological polar surface area (TPSA) is 59.8 Å². The van der Waals surface area contributed by atoms with Gasteiger partial charge < -0.3 is 9.88 Å². The van der Waals surface area contributed by atoms with Crippen LogP contribution in [0.25, 0.3) is 10.2 Å². The van der Waals surface area contributed by atoms with Gasteiger partial charge in [-0.3, -0.25) is 4.79 Å². The molecule has 3 aromatic rings. The zero-order valence-corrected chi connectivity index (χ0v) is 13.9. The Kier molecular flexibility index (Phi) is 5.02. The number of imidazole rings is 1. The van der Waals surface area contributed by atoms with E-state index in [9.17, 15) is 4.79 Å². The summed E-state index contributed by atoms with van der Waals surface area (Å²) >= 11 is 1.71. The van der Waals surface area contributed by atoms with E-state index < -0.39 is 0 Å². The number of rotatable bonds is 7. The quantitative estimate of drug-likeness (QED) is 0.725. The molecule has 0 aliphatic rings. The maximum Gasteiger partial charge on any atom is 0.220 e. The SMILES string of the molecule is CC(Cn1ccnc1)NC(=O)CCCc1nc2ccccc2s1. The molecule has 1 N–H and O–H groups in total. The first kappa shape index (κ1) is 15.7. The summed E-state index contributed by atoms with van der Waals surface area (Å²) in [6, 6.07) is 8.24. The lowest BCUT2D eigenvalue weighted by Gasteiger charge is -2.14. The van der Waals surface area contributed by atoms with Crippen LogP contribution >= 0.6 is 11.3 Å². The molecule has 1 aromatic carbocycles. The van der Waals surface area contributed by atoms with Crippen LogP contribution in [-0.4, -0.2) is 26.5 Å². The van der Waals surface area contributed by atoms with Crippen LogP contribution in [0.1, 0.15) is 24.8 Å². The van der Waals surface area contributed by atoms with Crippen LogP contribution in [0.15, 0.2) is 43.0 Å². The van der Waals surface area contributed by atoms with Crippen LogP contribution in [0.5, 0.6) is 0 Å². The predicted octanol–water partition coefficient (Wildman–Crippen LogP) is 3.02. The van der Waals surface area contributed by atoms with E-state index in [1.54, 1.807) is 23.9 Å². The molecule has 1 unspecified atom stereocenters. The molecule has 1 amide bonds. The van der Waals surface area contributed by atoms with Gasteiger partial charge in [-0.15, -0.1) is 11.3 Å². The van der Waals surface area contributed by atoms with Crippen LogP contribution in [0.4, 0.5) is 0 Å². The van der Waals surface area contributed by atoms with Gasteiger partial charge in [0.2, 0.25) is 5.91 Å². The molecule has 0 saturated heterocycles. The zero-order valence-electron chi connectivity index (χ0n) is 13.1. The van der Waals surface area contributed by atoms with Gasteiger partial charge in [0.1, 0.15) is 0 Å². The molecule has 0 saturated carbocycles. The average Bonchev–Trinajstić information content (AvgIpc) is 3.15. The second-order valence-electron chi connectivity index (χ2n) is 5.66. The number of hydrogen-bond acceptors (Lipinski definition) is 4. The maximum absolute atomic E-state index is 12.0. The third kappa shape index (κ3) is 4.39. The van der Waals surface area contributed by atoms with E-state index in [-0.39, 0.29) is 11.9 Å². The average molecular weight is 328 g/mol. The monoisotopic (exact) mass is 328 g/mol. The summed E-state index contributed by atoms with van der Waals surface area (Å²) in [6.45, 7) is 2.75. The number of aryl methyl sites for hydroxylation is 1. The van der Waals surface area contributed by atoms with Gasteiger partial charge in [-0.25, -0.2) is 9.97 Å². The highest BCUT2D eigenvalue weighted by molar-refractivity contribution is 7.18. The molecule has 5 nitrogen and oxygen atoms in total. The van der Waals surface area contributed by atoms with Gasteiger partial charge in [-0.1, -0.05) is 12.1 Å². The van der Waals surface area contributed by atoms with Crippen LogP contribution < -0.4 is 5.32 Å². The minimum Gasteiger partial charge on any atom is -0.352 e. The van der Waals surface area contributed by atoms with Gasteiger partial charge in [0.05, 0.1) is 21.6 Å². The molecule has 2 heterocycles. The molecule has 0 aliphatic carbocycles. The van der Waals surface area contributed by atoms with E-state index in [2.05, 4.69) is 21.4 Å². The summed E-state index contributed by atoms with van der Waals surface area (Å²) in [5.74, 6) is 0.0960. The lowest BCUT2D eigenvalue weighted by molar-refractivity contribution is -0.121. The molecule has 3 rings (SSSR count). The third-order valence-electron chi connectivity index (χ3n) is 3.58. The van der Waals surface area contributed by atoms with E-state index in [1.165, 1.54) is 4.70 Å². The second-order valence-corrected chi connectivity index (χ2v) is 6.77. The Hall–Kier alpha value is -2.21. The van der Waals surface area contributed by atoms with Crippen LogP contribution in [-0.2, 0) is 17.8 Å². The van der Waals surface area contributed by atoms with E-state index >= 15 is 0 Å². The van der Waals surface area contributed by atoms with Gasteiger partial charge >= 0.3 is 0 Å². The van der Waals surface area contributed by atoms with Gasteiger partial charge in [-0.05, 0) is 31.9 Å². The molecular weight excluding hydrogens is 308 g/mol. The van der Waals surface area contributed by atoms with Crippen molar-refractivity contribution in [3.8, 4) is 0 Å². The van der Waals surface area contributed by atoms with Crippen molar-refractivity contribution < 1.29 is 4.79 Å². The minimum absolute atomic E-state index is 0.0960. The molecule has 23 heavy (non-hydrogen) atoms. The van der Waals surface area contributed by atoms with Gasteiger partial charge in [0, 0.05) is 31.4 Å². The predicted molar refractivity (Wildman–Crippen MR) is 92.4 cm³/mol. The number of para-hydroxylation sites is 1. The number of benzene rings is 1.